The van der Waals surface area contributed by atoms with Gasteiger partial charge in [-0.2, -0.15) is 0 Å². The van der Waals surface area contributed by atoms with Gasteiger partial charge in [0.25, 0.3) is 5.69 Å². The molecule has 1 aromatic rings. The van der Waals surface area contributed by atoms with Gasteiger partial charge in [0.15, 0.2) is 0 Å². The Morgan fingerprint density at radius 1 is 1.42 bits per heavy atom. The summed E-state index contributed by atoms with van der Waals surface area (Å²) in [5.74, 6) is 0.632. The molecular formula is C13H19N3O3. The topological polar surface area (TPSA) is 67.6 Å². The summed E-state index contributed by atoms with van der Waals surface area (Å²) >= 11 is 0. The highest BCUT2D eigenvalue weighted by Gasteiger charge is 2.13. The molecule has 0 spiro atoms. The number of nitro benzene ring substituents is 1. The molecule has 19 heavy (non-hydrogen) atoms. The van der Waals surface area contributed by atoms with Crippen LogP contribution in [0, 0.1) is 10.1 Å². The second kappa shape index (κ2) is 6.38. The number of nitrogens with one attached hydrogen (secondary N) is 1. The quantitative estimate of drug-likeness (QED) is 0.630. The minimum atomic E-state index is -0.398. The van der Waals surface area contributed by atoms with Crippen molar-refractivity contribution in [1.29, 1.82) is 0 Å². The van der Waals surface area contributed by atoms with Crippen molar-refractivity contribution in [2.45, 2.75) is 12.8 Å². The van der Waals surface area contributed by atoms with Crippen molar-refractivity contribution in [2.24, 2.45) is 0 Å². The maximum absolute atomic E-state index is 10.8. The minimum absolute atomic E-state index is 0.0736. The Hall–Kier alpha value is -1.82. The monoisotopic (exact) mass is 265 g/mol. The van der Waals surface area contributed by atoms with Gasteiger partial charge in [-0.15, -0.1) is 0 Å². The molecule has 104 valence electrons. The van der Waals surface area contributed by atoms with E-state index in [4.69, 9.17) is 4.74 Å². The molecule has 6 nitrogen and oxygen atoms in total. The van der Waals surface area contributed by atoms with Crippen molar-refractivity contribution >= 4 is 11.4 Å². The van der Waals surface area contributed by atoms with Crippen LogP contribution in [0.2, 0.25) is 0 Å². The fourth-order valence-corrected chi connectivity index (χ4v) is 2.30. The van der Waals surface area contributed by atoms with Crippen molar-refractivity contribution in [2.75, 3.05) is 38.6 Å². The van der Waals surface area contributed by atoms with Crippen LogP contribution in [0.15, 0.2) is 18.2 Å². The Bertz CT molecular complexity index is 445. The standard InChI is InChI=1S/C13H19N3O3/c1-19-13-5-4-11(16(17)18)10-12(13)14-6-9-15-7-2-3-8-15/h4-5,10,14H,2-3,6-9H2,1H3. The number of ether oxygens (including phenoxy) is 1. The van der Waals surface area contributed by atoms with Crippen LogP contribution in [0.5, 0.6) is 5.75 Å². The Morgan fingerprint density at radius 2 is 2.16 bits per heavy atom. The summed E-state index contributed by atoms with van der Waals surface area (Å²) in [4.78, 5) is 12.8. The Labute approximate surface area is 112 Å². The maximum Gasteiger partial charge on any atom is 0.271 e. The number of nitrogens with zero attached hydrogens (tertiary/aromatic N) is 2. The van der Waals surface area contributed by atoms with Gasteiger partial charge in [0.05, 0.1) is 17.7 Å². The van der Waals surface area contributed by atoms with Crippen molar-refractivity contribution in [3.63, 3.8) is 0 Å². The zero-order valence-electron chi connectivity index (χ0n) is 11.1. The third kappa shape index (κ3) is 3.57. The predicted octanol–water partition coefficient (Wildman–Crippen LogP) is 2.11. The van der Waals surface area contributed by atoms with Crippen molar-refractivity contribution < 1.29 is 9.66 Å². The number of non-ortho nitro benzene ring substituents is 1. The highest BCUT2D eigenvalue weighted by Crippen LogP contribution is 2.28. The highest BCUT2D eigenvalue weighted by atomic mass is 16.6. The zero-order chi connectivity index (χ0) is 13.7. The van der Waals surface area contributed by atoms with Crippen LogP contribution in [0.3, 0.4) is 0 Å². The fraction of sp³-hybridized carbons (Fsp3) is 0.538. The van der Waals surface area contributed by atoms with Crippen molar-refractivity contribution in [3.05, 3.63) is 28.3 Å². The number of nitro groups is 1. The number of rotatable bonds is 6. The van der Waals surface area contributed by atoms with Gasteiger partial charge in [-0.1, -0.05) is 0 Å². The summed E-state index contributed by atoms with van der Waals surface area (Å²) in [6, 6.07) is 4.59. The average Bonchev–Trinajstić information content (AvgIpc) is 2.91. The SMILES string of the molecule is COc1ccc([N+](=O)[O-])cc1NCCN1CCCC1. The van der Waals surface area contributed by atoms with E-state index in [0.29, 0.717) is 11.4 Å². The summed E-state index contributed by atoms with van der Waals surface area (Å²) < 4.78 is 5.20. The lowest BCUT2D eigenvalue weighted by molar-refractivity contribution is -0.384. The van der Waals surface area contributed by atoms with E-state index in [1.807, 2.05) is 0 Å². The Balaban J connectivity index is 1.96. The van der Waals surface area contributed by atoms with E-state index in [1.165, 1.54) is 25.0 Å². The van der Waals surface area contributed by atoms with Crippen LogP contribution in [0.25, 0.3) is 0 Å². The van der Waals surface area contributed by atoms with Crippen LogP contribution in [-0.2, 0) is 0 Å². The van der Waals surface area contributed by atoms with Gasteiger partial charge in [-0.25, -0.2) is 0 Å². The van der Waals surface area contributed by atoms with Gasteiger partial charge in [-0.3, -0.25) is 10.1 Å². The molecule has 0 aliphatic carbocycles. The molecule has 0 bridgehead atoms. The van der Waals surface area contributed by atoms with E-state index < -0.39 is 4.92 Å². The fourth-order valence-electron chi connectivity index (χ4n) is 2.30. The molecule has 1 heterocycles. The normalized spacial score (nSPS) is 15.4. The van der Waals surface area contributed by atoms with Crippen LogP contribution in [0.4, 0.5) is 11.4 Å². The third-order valence-electron chi connectivity index (χ3n) is 3.34. The van der Waals surface area contributed by atoms with Crippen LogP contribution >= 0.6 is 0 Å². The second-order valence-electron chi connectivity index (χ2n) is 4.62. The number of hydrogen-bond acceptors (Lipinski definition) is 5. The number of hydrogen-bond donors (Lipinski definition) is 1. The zero-order valence-corrected chi connectivity index (χ0v) is 11.1. The first-order valence-electron chi connectivity index (χ1n) is 6.49. The molecule has 1 N–H and O–H groups in total. The van der Waals surface area contributed by atoms with E-state index in [2.05, 4.69) is 10.2 Å². The van der Waals surface area contributed by atoms with Gasteiger partial charge in [-0.05, 0) is 32.0 Å². The molecule has 0 amide bonds. The van der Waals surface area contributed by atoms with Crippen molar-refractivity contribution in [3.8, 4) is 5.75 Å². The van der Waals surface area contributed by atoms with Gasteiger partial charge in [0, 0.05) is 25.2 Å². The van der Waals surface area contributed by atoms with E-state index in [-0.39, 0.29) is 5.69 Å². The number of benzene rings is 1. The second-order valence-corrected chi connectivity index (χ2v) is 4.62. The first-order valence-corrected chi connectivity index (χ1v) is 6.49. The molecule has 0 unspecified atom stereocenters. The van der Waals surface area contributed by atoms with Crippen LogP contribution in [-0.4, -0.2) is 43.1 Å². The molecule has 1 aliphatic rings. The lowest BCUT2D eigenvalue weighted by Gasteiger charge is -2.16. The largest absolute Gasteiger partial charge is 0.495 e. The van der Waals surface area contributed by atoms with E-state index in [0.717, 1.165) is 26.2 Å². The van der Waals surface area contributed by atoms with Gasteiger partial charge >= 0.3 is 0 Å². The number of anilines is 1. The van der Waals surface area contributed by atoms with Gasteiger partial charge in [0.1, 0.15) is 5.75 Å². The summed E-state index contributed by atoms with van der Waals surface area (Å²) in [5, 5.41) is 14.0. The average molecular weight is 265 g/mol. The molecule has 0 atom stereocenters. The van der Waals surface area contributed by atoms with Gasteiger partial charge < -0.3 is 15.0 Å². The Kier molecular flexibility index (Phi) is 4.57. The molecule has 1 aliphatic heterocycles. The molecule has 1 aromatic carbocycles. The van der Waals surface area contributed by atoms with Crippen LogP contribution < -0.4 is 10.1 Å². The Morgan fingerprint density at radius 3 is 2.79 bits per heavy atom. The molecule has 0 radical (unpaired) electrons. The van der Waals surface area contributed by atoms with Gasteiger partial charge in [0.2, 0.25) is 0 Å². The molecular weight excluding hydrogens is 246 g/mol. The first kappa shape index (κ1) is 13.6. The summed E-state index contributed by atoms with van der Waals surface area (Å²) in [5.41, 5.74) is 0.750. The maximum atomic E-state index is 10.8. The predicted molar refractivity (Wildman–Crippen MR) is 73.8 cm³/mol. The van der Waals surface area contributed by atoms with E-state index >= 15 is 0 Å². The lowest BCUT2D eigenvalue weighted by Crippen LogP contribution is -2.26. The minimum Gasteiger partial charge on any atom is -0.495 e. The first-order chi connectivity index (χ1) is 9.20. The molecule has 0 aromatic heterocycles. The van der Waals surface area contributed by atoms with E-state index in [9.17, 15) is 10.1 Å². The molecule has 1 fully saturated rings. The smallest absolute Gasteiger partial charge is 0.271 e. The summed E-state index contributed by atoms with van der Waals surface area (Å²) in [6.07, 6.45) is 2.53. The molecule has 1 saturated heterocycles. The molecule has 2 rings (SSSR count). The number of methoxy groups -OCH3 is 1. The highest BCUT2D eigenvalue weighted by molar-refractivity contribution is 5.61. The number of likely N-dealkylation sites (tertiary alicyclic amines) is 1. The lowest BCUT2D eigenvalue weighted by atomic mass is 10.2. The van der Waals surface area contributed by atoms with Crippen molar-refractivity contribution in [1.82, 2.24) is 4.90 Å². The summed E-state index contributed by atoms with van der Waals surface area (Å²) in [7, 11) is 1.56. The van der Waals surface area contributed by atoms with E-state index in [1.54, 1.807) is 13.2 Å². The van der Waals surface area contributed by atoms with Crippen LogP contribution in [0.1, 0.15) is 12.8 Å². The molecule has 6 heteroatoms. The third-order valence-corrected chi connectivity index (χ3v) is 3.34. The summed E-state index contributed by atoms with van der Waals surface area (Å²) in [6.45, 7) is 4.00. The molecule has 0 saturated carbocycles.